The first-order valence-electron chi connectivity index (χ1n) is 9.64. The maximum Gasteiger partial charge on any atom is 0.329 e. The second kappa shape index (κ2) is 9.23. The van der Waals surface area contributed by atoms with E-state index >= 15 is 0 Å². The van der Waals surface area contributed by atoms with Gasteiger partial charge in [-0.15, -0.1) is 0 Å². The number of carbonyl (C=O) groups is 2. The lowest BCUT2D eigenvalue weighted by molar-refractivity contribution is -0.141. The van der Waals surface area contributed by atoms with E-state index in [-0.39, 0.29) is 31.0 Å². The van der Waals surface area contributed by atoms with Crippen molar-refractivity contribution in [2.75, 3.05) is 7.11 Å². The number of esters is 1. The van der Waals surface area contributed by atoms with Crippen LogP contribution in [0.1, 0.15) is 31.4 Å². The highest BCUT2D eigenvalue weighted by Gasteiger charge is 2.19. The molecule has 0 spiro atoms. The number of aryl methyl sites for hydroxylation is 2. The standard InChI is InChI=1S/C22H25N3O4/c1-3-24-18-11-7-8-12-19(18)25(22(24)28)14-13-20(26)23-17(15-21(27)29-2)16-9-5-4-6-10-16/h4-12,17H,3,13-15H2,1-2H3,(H,23,26)/t17-/m1/s1. The first kappa shape index (κ1) is 20.4. The second-order valence-corrected chi connectivity index (χ2v) is 6.73. The topological polar surface area (TPSA) is 82.3 Å². The summed E-state index contributed by atoms with van der Waals surface area (Å²) in [5.74, 6) is -0.635. The molecule has 2 aromatic carbocycles. The summed E-state index contributed by atoms with van der Waals surface area (Å²) >= 11 is 0. The van der Waals surface area contributed by atoms with E-state index in [1.165, 1.54) is 7.11 Å². The number of benzene rings is 2. The van der Waals surface area contributed by atoms with E-state index in [0.717, 1.165) is 16.6 Å². The van der Waals surface area contributed by atoms with Gasteiger partial charge in [0.05, 0.1) is 30.6 Å². The maximum atomic E-state index is 12.7. The number of hydrogen-bond acceptors (Lipinski definition) is 4. The van der Waals surface area contributed by atoms with Crippen LogP contribution < -0.4 is 11.0 Å². The van der Waals surface area contributed by atoms with Crippen molar-refractivity contribution < 1.29 is 14.3 Å². The molecule has 0 fully saturated rings. The second-order valence-electron chi connectivity index (χ2n) is 6.73. The molecule has 3 rings (SSSR count). The minimum absolute atomic E-state index is 0.0430. The molecule has 0 aliphatic heterocycles. The highest BCUT2D eigenvalue weighted by atomic mass is 16.5. The van der Waals surface area contributed by atoms with Gasteiger partial charge < -0.3 is 10.1 Å². The quantitative estimate of drug-likeness (QED) is 0.595. The molecule has 0 aliphatic rings. The molecule has 3 aromatic rings. The molecule has 1 N–H and O–H groups in total. The van der Waals surface area contributed by atoms with Gasteiger partial charge in [0.25, 0.3) is 0 Å². The van der Waals surface area contributed by atoms with E-state index in [0.29, 0.717) is 6.54 Å². The van der Waals surface area contributed by atoms with E-state index in [4.69, 9.17) is 4.74 Å². The maximum absolute atomic E-state index is 12.7. The van der Waals surface area contributed by atoms with E-state index in [1.807, 2.05) is 61.5 Å². The molecular formula is C22H25N3O4. The minimum atomic E-state index is -0.482. The Morgan fingerprint density at radius 3 is 2.24 bits per heavy atom. The molecule has 1 heterocycles. The van der Waals surface area contributed by atoms with Crippen LogP contribution in [0.3, 0.4) is 0 Å². The highest BCUT2D eigenvalue weighted by Crippen LogP contribution is 2.18. The van der Waals surface area contributed by atoms with Crippen LogP contribution in [0.4, 0.5) is 0 Å². The third-order valence-corrected chi connectivity index (χ3v) is 4.94. The first-order valence-corrected chi connectivity index (χ1v) is 9.64. The van der Waals surface area contributed by atoms with Crippen molar-refractivity contribution in [3.63, 3.8) is 0 Å². The summed E-state index contributed by atoms with van der Waals surface area (Å²) in [7, 11) is 1.32. The molecule has 1 aromatic heterocycles. The van der Waals surface area contributed by atoms with E-state index < -0.39 is 12.0 Å². The van der Waals surface area contributed by atoms with Crippen molar-refractivity contribution in [2.24, 2.45) is 0 Å². The van der Waals surface area contributed by atoms with Gasteiger partial charge in [-0.3, -0.25) is 18.7 Å². The predicted octanol–water partition coefficient (Wildman–Crippen LogP) is 2.63. The summed E-state index contributed by atoms with van der Waals surface area (Å²) in [6.07, 6.45) is 0.170. The zero-order chi connectivity index (χ0) is 20.8. The predicted molar refractivity (Wildman–Crippen MR) is 110 cm³/mol. The fourth-order valence-corrected chi connectivity index (χ4v) is 3.46. The normalized spacial score (nSPS) is 11.9. The Morgan fingerprint density at radius 2 is 1.62 bits per heavy atom. The van der Waals surface area contributed by atoms with Crippen LogP contribution in [-0.4, -0.2) is 28.1 Å². The van der Waals surface area contributed by atoms with Crippen molar-refractivity contribution in [1.29, 1.82) is 0 Å². The molecule has 0 saturated carbocycles. The van der Waals surface area contributed by atoms with Crippen LogP contribution in [-0.2, 0) is 27.4 Å². The van der Waals surface area contributed by atoms with E-state index in [2.05, 4.69) is 5.32 Å². The summed E-state index contributed by atoms with van der Waals surface area (Å²) in [6, 6.07) is 16.4. The number of nitrogens with one attached hydrogen (secondary N) is 1. The third-order valence-electron chi connectivity index (χ3n) is 4.94. The molecule has 29 heavy (non-hydrogen) atoms. The Balaban J connectivity index is 1.75. The molecule has 0 unspecified atom stereocenters. The van der Waals surface area contributed by atoms with Crippen LogP contribution in [0.5, 0.6) is 0 Å². The Morgan fingerprint density at radius 1 is 1.00 bits per heavy atom. The Labute approximate surface area is 168 Å². The van der Waals surface area contributed by atoms with Crippen LogP contribution in [0.15, 0.2) is 59.4 Å². The Kier molecular flexibility index (Phi) is 6.49. The summed E-state index contributed by atoms with van der Waals surface area (Å²) < 4.78 is 8.07. The summed E-state index contributed by atoms with van der Waals surface area (Å²) in [6.45, 7) is 2.74. The molecule has 0 saturated heterocycles. The number of amides is 1. The van der Waals surface area contributed by atoms with Gasteiger partial charge in [-0.1, -0.05) is 42.5 Å². The number of hydrogen-bond donors (Lipinski definition) is 1. The van der Waals surface area contributed by atoms with Gasteiger partial charge in [0.2, 0.25) is 5.91 Å². The lowest BCUT2D eigenvalue weighted by Gasteiger charge is -2.18. The lowest BCUT2D eigenvalue weighted by atomic mass is 10.0. The van der Waals surface area contributed by atoms with Crippen LogP contribution in [0.2, 0.25) is 0 Å². The number of methoxy groups -OCH3 is 1. The average molecular weight is 395 g/mol. The minimum Gasteiger partial charge on any atom is -0.469 e. The number of ether oxygens (including phenoxy) is 1. The number of rotatable bonds is 8. The fourth-order valence-electron chi connectivity index (χ4n) is 3.46. The van der Waals surface area contributed by atoms with Crippen molar-refractivity contribution in [3.8, 4) is 0 Å². The zero-order valence-electron chi connectivity index (χ0n) is 16.6. The van der Waals surface area contributed by atoms with Crippen LogP contribution in [0.25, 0.3) is 11.0 Å². The number of nitrogens with zero attached hydrogens (tertiary/aromatic N) is 2. The van der Waals surface area contributed by atoms with Gasteiger partial charge in [0, 0.05) is 19.5 Å². The third kappa shape index (κ3) is 4.56. The largest absolute Gasteiger partial charge is 0.469 e. The van der Waals surface area contributed by atoms with Crippen LogP contribution in [0, 0.1) is 0 Å². The number of para-hydroxylation sites is 2. The summed E-state index contributed by atoms with van der Waals surface area (Å²) in [5.41, 5.74) is 2.36. The van der Waals surface area contributed by atoms with Gasteiger partial charge in [-0.2, -0.15) is 0 Å². The van der Waals surface area contributed by atoms with Crippen molar-refractivity contribution in [2.45, 2.75) is 38.9 Å². The SMILES string of the molecule is CCn1c(=O)n(CCC(=O)N[C@H](CC(=O)OC)c2ccccc2)c2ccccc21. The molecule has 0 aliphatic carbocycles. The molecule has 7 heteroatoms. The molecule has 0 radical (unpaired) electrons. The Hall–Kier alpha value is -3.35. The van der Waals surface area contributed by atoms with Crippen LogP contribution >= 0.6 is 0 Å². The summed E-state index contributed by atoms with van der Waals surface area (Å²) in [4.78, 5) is 37.1. The molecule has 1 atom stereocenters. The molecule has 7 nitrogen and oxygen atoms in total. The van der Waals surface area contributed by atoms with Crippen molar-refractivity contribution in [1.82, 2.24) is 14.5 Å². The van der Waals surface area contributed by atoms with Gasteiger partial charge in [-0.05, 0) is 24.6 Å². The number of imidazole rings is 1. The van der Waals surface area contributed by atoms with Gasteiger partial charge in [0.1, 0.15) is 0 Å². The highest BCUT2D eigenvalue weighted by molar-refractivity contribution is 5.79. The van der Waals surface area contributed by atoms with Crippen molar-refractivity contribution in [3.05, 3.63) is 70.6 Å². The number of aromatic nitrogens is 2. The summed E-state index contributed by atoms with van der Waals surface area (Å²) in [5, 5.41) is 2.90. The van der Waals surface area contributed by atoms with Gasteiger partial charge >= 0.3 is 11.7 Å². The van der Waals surface area contributed by atoms with Crippen molar-refractivity contribution >= 4 is 22.9 Å². The van der Waals surface area contributed by atoms with E-state index in [1.54, 1.807) is 9.13 Å². The molecule has 1 amide bonds. The first-order chi connectivity index (χ1) is 14.0. The average Bonchev–Trinajstić information content (AvgIpc) is 3.02. The molecular weight excluding hydrogens is 370 g/mol. The molecule has 0 bridgehead atoms. The number of fused-ring (bicyclic) bond motifs is 1. The Bertz CT molecular complexity index is 1050. The smallest absolute Gasteiger partial charge is 0.329 e. The molecule has 152 valence electrons. The zero-order valence-corrected chi connectivity index (χ0v) is 16.6. The van der Waals surface area contributed by atoms with Gasteiger partial charge in [0.15, 0.2) is 0 Å². The fraction of sp³-hybridized carbons (Fsp3) is 0.318. The van der Waals surface area contributed by atoms with E-state index in [9.17, 15) is 14.4 Å². The monoisotopic (exact) mass is 395 g/mol. The van der Waals surface area contributed by atoms with Gasteiger partial charge in [-0.25, -0.2) is 4.79 Å². The lowest BCUT2D eigenvalue weighted by Crippen LogP contribution is -2.32. The number of carbonyl (C=O) groups excluding carboxylic acids is 2.